The summed E-state index contributed by atoms with van der Waals surface area (Å²) in [6, 6.07) is 8.37. The number of carbonyl (C=O) groups excluding carboxylic acids is 2. The third-order valence-electron chi connectivity index (χ3n) is 3.03. The number of esters is 1. The minimum atomic E-state index is -0.755. The molecule has 2 atom stereocenters. The molecule has 20 heavy (non-hydrogen) atoms. The normalized spacial score (nSPS) is 21.8. The van der Waals surface area contributed by atoms with Crippen LogP contribution in [-0.4, -0.2) is 36.7 Å². The average molecular weight is 277 g/mol. The zero-order valence-electron chi connectivity index (χ0n) is 11.9. The van der Waals surface area contributed by atoms with Crippen molar-refractivity contribution in [3.63, 3.8) is 0 Å². The maximum absolute atomic E-state index is 12.2. The van der Waals surface area contributed by atoms with Gasteiger partial charge in [0.15, 0.2) is 12.1 Å². The van der Waals surface area contributed by atoms with Gasteiger partial charge in [0.1, 0.15) is 0 Å². The highest BCUT2D eigenvalue weighted by molar-refractivity contribution is 6.12. The highest BCUT2D eigenvalue weighted by atomic mass is 16.5. The summed E-state index contributed by atoms with van der Waals surface area (Å²) >= 11 is 0. The topological polar surface area (TPSA) is 55.8 Å². The van der Waals surface area contributed by atoms with Crippen molar-refractivity contribution in [3.8, 4) is 0 Å². The van der Waals surface area contributed by atoms with Gasteiger partial charge in [-0.1, -0.05) is 18.2 Å². The molecule has 2 unspecified atom stereocenters. The minimum Gasteiger partial charge on any atom is -0.464 e. The molecule has 1 fully saturated rings. The first-order valence-electron chi connectivity index (χ1n) is 6.76. The molecule has 5 nitrogen and oxygen atoms in total. The maximum atomic E-state index is 12.2. The van der Waals surface area contributed by atoms with Crippen molar-refractivity contribution in [2.45, 2.75) is 39.0 Å². The van der Waals surface area contributed by atoms with Gasteiger partial charge in [-0.2, -0.15) is 0 Å². The fraction of sp³-hybridized carbons (Fsp3) is 0.467. The lowest BCUT2D eigenvalue weighted by molar-refractivity contribution is -0.164. The molecule has 1 amide bonds. The number of nitrogens with zero attached hydrogens (tertiary/aromatic N) is 1. The number of rotatable bonds is 5. The lowest BCUT2D eigenvalue weighted by Gasteiger charge is -2.45. The molecule has 1 aliphatic rings. The Balaban J connectivity index is 2.23. The van der Waals surface area contributed by atoms with Crippen LogP contribution in [-0.2, 0) is 19.1 Å². The first kappa shape index (κ1) is 14.5. The van der Waals surface area contributed by atoms with Crippen molar-refractivity contribution < 1.29 is 19.1 Å². The molecule has 108 valence electrons. The second-order valence-electron chi connectivity index (χ2n) is 4.85. The Labute approximate surface area is 118 Å². The van der Waals surface area contributed by atoms with Crippen LogP contribution in [0, 0.1) is 0 Å². The molecule has 5 heteroatoms. The van der Waals surface area contributed by atoms with Gasteiger partial charge < -0.3 is 9.47 Å². The van der Waals surface area contributed by atoms with E-state index in [1.165, 1.54) is 4.90 Å². The van der Waals surface area contributed by atoms with Crippen molar-refractivity contribution in [2.75, 3.05) is 11.5 Å². The Hall–Kier alpha value is -1.88. The Bertz CT molecular complexity index is 486. The Morgan fingerprint density at radius 1 is 1.30 bits per heavy atom. The summed E-state index contributed by atoms with van der Waals surface area (Å²) in [7, 11) is 0. The number of para-hydroxylation sites is 1. The summed E-state index contributed by atoms with van der Waals surface area (Å²) in [5.41, 5.74) is 0.680. The van der Waals surface area contributed by atoms with Crippen LogP contribution in [0.3, 0.4) is 0 Å². The van der Waals surface area contributed by atoms with E-state index in [1.54, 1.807) is 19.1 Å². The number of β-lactam (4-membered cyclic amide) rings is 1. The summed E-state index contributed by atoms with van der Waals surface area (Å²) in [6.07, 6.45) is -0.881. The monoisotopic (exact) mass is 277 g/mol. The van der Waals surface area contributed by atoms with Crippen LogP contribution in [0.1, 0.15) is 20.8 Å². The largest absolute Gasteiger partial charge is 0.464 e. The SMILES string of the molecule is CCOC(=O)C1C(OC(C)C)C(=O)N1c1ccccc1. The second kappa shape index (κ2) is 6.05. The van der Waals surface area contributed by atoms with Gasteiger partial charge in [-0.15, -0.1) is 0 Å². The van der Waals surface area contributed by atoms with E-state index < -0.39 is 18.1 Å². The van der Waals surface area contributed by atoms with Crippen molar-refractivity contribution >= 4 is 17.6 Å². The molecule has 1 aromatic rings. The molecule has 0 bridgehead atoms. The average Bonchev–Trinajstić information content (AvgIpc) is 2.42. The summed E-state index contributed by atoms with van der Waals surface area (Å²) in [5.74, 6) is -0.635. The van der Waals surface area contributed by atoms with Gasteiger partial charge in [-0.3, -0.25) is 9.69 Å². The predicted molar refractivity (Wildman–Crippen MR) is 74.4 cm³/mol. The van der Waals surface area contributed by atoms with Crippen LogP contribution < -0.4 is 4.90 Å². The standard InChI is InChI=1S/C15H19NO4/c1-4-19-15(18)12-13(20-10(2)3)14(17)16(12)11-8-6-5-7-9-11/h5-10,12-13H,4H2,1-3H3. The van der Waals surface area contributed by atoms with E-state index in [2.05, 4.69) is 0 Å². The molecule has 0 spiro atoms. The summed E-state index contributed by atoms with van der Waals surface area (Å²) < 4.78 is 10.6. The molecule has 1 aromatic carbocycles. The van der Waals surface area contributed by atoms with E-state index in [4.69, 9.17) is 9.47 Å². The van der Waals surface area contributed by atoms with Gasteiger partial charge in [0, 0.05) is 5.69 Å². The molecule has 0 radical (unpaired) electrons. The predicted octanol–water partition coefficient (Wildman–Crippen LogP) is 1.76. The third kappa shape index (κ3) is 2.67. The van der Waals surface area contributed by atoms with Gasteiger partial charge in [0.2, 0.25) is 0 Å². The fourth-order valence-electron chi connectivity index (χ4n) is 2.22. The number of ether oxygens (including phenoxy) is 2. The number of anilines is 1. The van der Waals surface area contributed by atoms with Crippen molar-refractivity contribution in [3.05, 3.63) is 30.3 Å². The quantitative estimate of drug-likeness (QED) is 0.608. The molecule has 1 aliphatic heterocycles. The Morgan fingerprint density at radius 2 is 1.95 bits per heavy atom. The zero-order valence-corrected chi connectivity index (χ0v) is 11.9. The van der Waals surface area contributed by atoms with E-state index in [0.717, 1.165) is 0 Å². The van der Waals surface area contributed by atoms with Crippen LogP contribution in [0.5, 0.6) is 0 Å². The number of amides is 1. The highest BCUT2D eigenvalue weighted by Gasteiger charge is 2.54. The first-order chi connectivity index (χ1) is 9.56. The van der Waals surface area contributed by atoms with E-state index in [1.807, 2.05) is 32.0 Å². The van der Waals surface area contributed by atoms with E-state index in [-0.39, 0.29) is 18.6 Å². The number of benzene rings is 1. The van der Waals surface area contributed by atoms with Crippen LogP contribution >= 0.6 is 0 Å². The van der Waals surface area contributed by atoms with E-state index in [9.17, 15) is 9.59 Å². The van der Waals surface area contributed by atoms with Gasteiger partial charge in [0.25, 0.3) is 5.91 Å². The van der Waals surface area contributed by atoms with Crippen LogP contribution in [0.15, 0.2) is 30.3 Å². The van der Waals surface area contributed by atoms with Crippen LogP contribution in [0.2, 0.25) is 0 Å². The zero-order chi connectivity index (χ0) is 14.7. The number of hydrogen-bond acceptors (Lipinski definition) is 4. The van der Waals surface area contributed by atoms with Gasteiger partial charge in [0.05, 0.1) is 12.7 Å². The fourth-order valence-corrected chi connectivity index (χ4v) is 2.22. The first-order valence-corrected chi connectivity index (χ1v) is 6.76. The molecular weight excluding hydrogens is 258 g/mol. The summed E-state index contributed by atoms with van der Waals surface area (Å²) in [6.45, 7) is 5.69. The molecule has 2 rings (SSSR count). The van der Waals surface area contributed by atoms with E-state index in [0.29, 0.717) is 5.69 Å². The van der Waals surface area contributed by atoms with Gasteiger partial charge in [-0.25, -0.2) is 4.79 Å². The molecule has 1 heterocycles. The van der Waals surface area contributed by atoms with Crippen molar-refractivity contribution in [1.82, 2.24) is 0 Å². The second-order valence-corrected chi connectivity index (χ2v) is 4.85. The van der Waals surface area contributed by atoms with Crippen molar-refractivity contribution in [2.24, 2.45) is 0 Å². The summed E-state index contributed by atoms with van der Waals surface area (Å²) in [5, 5.41) is 0. The Kier molecular flexibility index (Phi) is 4.39. The molecule has 0 aliphatic carbocycles. The lowest BCUT2D eigenvalue weighted by atomic mass is 9.96. The highest BCUT2D eigenvalue weighted by Crippen LogP contribution is 2.31. The maximum Gasteiger partial charge on any atom is 0.332 e. The van der Waals surface area contributed by atoms with Gasteiger partial charge >= 0.3 is 5.97 Å². The van der Waals surface area contributed by atoms with Gasteiger partial charge in [-0.05, 0) is 32.9 Å². The van der Waals surface area contributed by atoms with E-state index >= 15 is 0 Å². The minimum absolute atomic E-state index is 0.126. The summed E-state index contributed by atoms with van der Waals surface area (Å²) in [4.78, 5) is 25.7. The molecule has 0 aromatic heterocycles. The molecule has 0 N–H and O–H groups in total. The molecule has 0 saturated carbocycles. The smallest absolute Gasteiger partial charge is 0.332 e. The molecular formula is C15H19NO4. The number of carbonyl (C=O) groups is 2. The third-order valence-corrected chi connectivity index (χ3v) is 3.03. The molecule has 1 saturated heterocycles. The van der Waals surface area contributed by atoms with Crippen LogP contribution in [0.4, 0.5) is 5.69 Å². The van der Waals surface area contributed by atoms with Crippen molar-refractivity contribution in [1.29, 1.82) is 0 Å². The van der Waals surface area contributed by atoms with Crippen LogP contribution in [0.25, 0.3) is 0 Å². The lowest BCUT2D eigenvalue weighted by Crippen LogP contribution is -2.70. The Morgan fingerprint density at radius 3 is 2.50 bits per heavy atom. The number of hydrogen-bond donors (Lipinski definition) is 0.